The van der Waals surface area contributed by atoms with Crippen LogP contribution in [0.4, 0.5) is 5.82 Å². The molecule has 0 saturated carbocycles. The number of rotatable bonds is 12. The molecule has 5 atom stereocenters. The van der Waals surface area contributed by atoms with Crippen molar-refractivity contribution in [2.45, 2.75) is 76.5 Å². The van der Waals surface area contributed by atoms with E-state index in [1.54, 1.807) is 20.8 Å². The lowest BCUT2D eigenvalue weighted by atomic mass is 10.00. The number of aromatic nitrogens is 4. The van der Waals surface area contributed by atoms with Crippen LogP contribution in [-0.2, 0) is 39.9 Å². The summed E-state index contributed by atoms with van der Waals surface area (Å²) in [4.78, 5) is 37.0. The van der Waals surface area contributed by atoms with Gasteiger partial charge in [0.1, 0.15) is 30.1 Å². The number of halogens is 2. The second-order valence-electron chi connectivity index (χ2n) is 10.6. The Hall–Kier alpha value is -1.13. The van der Waals surface area contributed by atoms with E-state index in [4.69, 9.17) is 59.3 Å². The number of nitrogens with zero attached hydrogens (tertiary/aromatic N) is 4. The average molecular weight is 674 g/mol. The third kappa shape index (κ3) is 8.49. The van der Waals surface area contributed by atoms with Crippen LogP contribution in [0, 0.1) is 5.41 Å². The summed E-state index contributed by atoms with van der Waals surface area (Å²) in [6.45, 7) is 6.83. The van der Waals surface area contributed by atoms with E-state index < -0.39 is 46.8 Å². The summed E-state index contributed by atoms with van der Waals surface area (Å²) >= 11 is 19.9. The number of nitrogens with two attached hydrogens (primary N) is 1. The minimum atomic E-state index is -3.40. The smallest absolute Gasteiger partial charge is 0.323 e. The van der Waals surface area contributed by atoms with Gasteiger partial charge in [-0.15, -0.1) is 0 Å². The Morgan fingerprint density at radius 2 is 1.98 bits per heavy atom. The highest BCUT2D eigenvalue weighted by molar-refractivity contribution is 8.13. The molecule has 1 saturated heterocycles. The number of carbonyl (C=O) groups is 2. The van der Waals surface area contributed by atoms with Gasteiger partial charge in [-0.25, -0.2) is 20.0 Å². The molecule has 0 bridgehead atoms. The van der Waals surface area contributed by atoms with Gasteiger partial charge in [-0.2, -0.15) is 0 Å². The zero-order chi connectivity index (χ0) is 30.8. The predicted octanol–water partition coefficient (Wildman–Crippen LogP) is 3.33. The van der Waals surface area contributed by atoms with Gasteiger partial charge < -0.3 is 29.4 Å². The van der Waals surface area contributed by atoms with Crippen LogP contribution >= 0.6 is 41.6 Å². The number of carbonyl (C=O) groups excluding carboxylic acids is 2. The second-order valence-corrected chi connectivity index (χ2v) is 16.3. The molecule has 2 aromatic heterocycles. The summed E-state index contributed by atoms with van der Waals surface area (Å²) in [6, 6.07) is -0.878. The van der Waals surface area contributed by atoms with Crippen LogP contribution in [0.5, 0.6) is 0 Å². The highest BCUT2D eigenvalue weighted by atomic mass is 35.5. The van der Waals surface area contributed by atoms with E-state index in [0.717, 1.165) is 11.8 Å². The minimum Gasteiger partial charge on any atom is -0.462 e. The first-order valence-corrected chi connectivity index (χ1v) is 17.0. The van der Waals surface area contributed by atoms with E-state index in [0.29, 0.717) is 16.9 Å². The molecule has 0 spiro atoms. The van der Waals surface area contributed by atoms with Gasteiger partial charge in [0, 0.05) is 11.2 Å². The molecule has 1 unspecified atom stereocenters. The first-order valence-electron chi connectivity index (χ1n) is 12.6. The van der Waals surface area contributed by atoms with Crippen LogP contribution in [0.3, 0.4) is 0 Å². The number of alkyl halides is 2. The fourth-order valence-electron chi connectivity index (χ4n) is 3.56. The van der Waals surface area contributed by atoms with E-state index in [2.05, 4.69) is 20.0 Å². The molecular weight excluding hydrogens is 638 g/mol. The standard InChI is InChI=1S/C23H35Cl2N6O7PS2/c1-12(2)37-19(33)13(3)30-39(40,35-7-8-41-21(34)22(4,5)6)36-9-14-16(32)23(24,25)20(38-14)31-11-29-15-17(26)27-10-28-18(15)31/h10-14,16,20,32H,7-9H2,1-6H3,(H,30,40)(H2,26,27,28)/t13-,14+,16+,20+,39?/m0/s1. The second kappa shape index (κ2) is 13.7. The van der Waals surface area contributed by atoms with E-state index in [-0.39, 0.29) is 30.3 Å². The molecule has 4 N–H and O–H groups in total. The number of hydrogen-bond acceptors (Lipinski definition) is 13. The molecule has 2 aromatic rings. The number of ether oxygens (including phenoxy) is 2. The number of hydrogen-bond donors (Lipinski definition) is 3. The topological polar surface area (TPSA) is 173 Å². The van der Waals surface area contributed by atoms with E-state index in [1.807, 2.05) is 20.8 Å². The van der Waals surface area contributed by atoms with Crippen LogP contribution in [0.25, 0.3) is 11.2 Å². The van der Waals surface area contributed by atoms with Crippen molar-refractivity contribution < 1.29 is 33.2 Å². The lowest BCUT2D eigenvalue weighted by Crippen LogP contribution is -2.39. The zero-order valence-corrected chi connectivity index (χ0v) is 27.5. The van der Waals surface area contributed by atoms with Gasteiger partial charge in [0.2, 0.25) is 0 Å². The molecule has 1 aliphatic heterocycles. The molecule has 230 valence electrons. The largest absolute Gasteiger partial charge is 0.462 e. The van der Waals surface area contributed by atoms with Crippen molar-refractivity contribution in [2.75, 3.05) is 24.7 Å². The van der Waals surface area contributed by atoms with Crippen molar-refractivity contribution >= 4 is 81.5 Å². The van der Waals surface area contributed by atoms with Crippen LogP contribution in [0.1, 0.15) is 47.8 Å². The number of thioether (sulfide) groups is 1. The first kappa shape index (κ1) is 34.4. The summed E-state index contributed by atoms with van der Waals surface area (Å²) in [6.07, 6.45) is -1.33. The maximum atomic E-state index is 12.5. The fraction of sp³-hybridized carbons (Fsp3) is 0.696. The number of aliphatic hydroxyl groups excluding tert-OH is 1. The quantitative estimate of drug-likeness (QED) is 0.130. The molecule has 41 heavy (non-hydrogen) atoms. The molecule has 0 radical (unpaired) electrons. The Bertz CT molecular complexity index is 1290. The van der Waals surface area contributed by atoms with Crippen molar-refractivity contribution in [2.24, 2.45) is 5.41 Å². The summed E-state index contributed by atoms with van der Waals surface area (Å²) < 4.78 is 22.7. The Labute approximate surface area is 257 Å². The Morgan fingerprint density at radius 1 is 1.29 bits per heavy atom. The van der Waals surface area contributed by atoms with Gasteiger partial charge in [-0.1, -0.05) is 55.7 Å². The Balaban J connectivity index is 1.74. The van der Waals surface area contributed by atoms with Gasteiger partial charge in [0.25, 0.3) is 6.64 Å². The maximum absolute atomic E-state index is 12.5. The Kier molecular flexibility index (Phi) is 11.5. The Morgan fingerprint density at radius 3 is 2.61 bits per heavy atom. The van der Waals surface area contributed by atoms with Gasteiger partial charge in [0.05, 0.1) is 25.6 Å². The number of aliphatic hydroxyl groups is 1. The summed E-state index contributed by atoms with van der Waals surface area (Å²) in [7, 11) is 0. The summed E-state index contributed by atoms with van der Waals surface area (Å²) in [5.74, 6) is -0.0943. The summed E-state index contributed by atoms with van der Waals surface area (Å²) in [5, 5.41) is 13.9. The lowest BCUT2D eigenvalue weighted by Gasteiger charge is -2.28. The molecular formula is C23H35Cl2N6O7PS2. The lowest BCUT2D eigenvalue weighted by molar-refractivity contribution is -0.149. The van der Waals surface area contributed by atoms with Gasteiger partial charge in [0.15, 0.2) is 27.1 Å². The van der Waals surface area contributed by atoms with Crippen molar-refractivity contribution in [1.29, 1.82) is 0 Å². The molecule has 3 rings (SSSR count). The third-order valence-electron chi connectivity index (χ3n) is 5.68. The molecule has 0 aromatic carbocycles. The van der Waals surface area contributed by atoms with E-state index >= 15 is 0 Å². The monoisotopic (exact) mass is 672 g/mol. The van der Waals surface area contributed by atoms with Crippen molar-refractivity contribution in [3.8, 4) is 0 Å². The van der Waals surface area contributed by atoms with Gasteiger partial charge >= 0.3 is 5.97 Å². The SMILES string of the molecule is CC(C)OC(=O)[C@H](C)NP(=S)(OCCSC(=O)C(C)(C)C)OC[C@H]1O[C@@H](n2cnc3c(N)ncnc32)C(Cl)(Cl)[C@@H]1O. The first-order chi connectivity index (χ1) is 19.0. The zero-order valence-electron chi connectivity index (χ0n) is 23.4. The van der Waals surface area contributed by atoms with E-state index in [1.165, 1.54) is 17.2 Å². The number of esters is 1. The predicted molar refractivity (Wildman–Crippen MR) is 161 cm³/mol. The number of fused-ring (bicyclic) bond motifs is 1. The fourth-order valence-corrected chi connectivity index (χ4v) is 7.43. The molecule has 13 nitrogen and oxygen atoms in total. The number of anilines is 1. The normalized spacial score (nSPS) is 23.0. The van der Waals surface area contributed by atoms with Gasteiger partial charge in [-0.3, -0.25) is 14.2 Å². The molecule has 3 heterocycles. The van der Waals surface area contributed by atoms with Crippen molar-refractivity contribution in [3.63, 3.8) is 0 Å². The maximum Gasteiger partial charge on any atom is 0.323 e. The number of nitrogen functional groups attached to an aromatic ring is 1. The third-order valence-corrected chi connectivity index (χ3v) is 10.4. The van der Waals surface area contributed by atoms with Crippen molar-refractivity contribution in [1.82, 2.24) is 24.6 Å². The highest BCUT2D eigenvalue weighted by Gasteiger charge is 2.56. The number of nitrogens with one attached hydrogen (secondary N) is 1. The molecule has 1 fully saturated rings. The molecule has 1 aliphatic rings. The molecule has 18 heteroatoms. The average Bonchev–Trinajstić information content (AvgIpc) is 3.38. The minimum absolute atomic E-state index is 0.00899. The molecule has 0 amide bonds. The molecule has 0 aliphatic carbocycles. The van der Waals surface area contributed by atoms with Crippen LogP contribution < -0.4 is 10.8 Å². The highest BCUT2D eigenvalue weighted by Crippen LogP contribution is 2.50. The van der Waals surface area contributed by atoms with Crippen LogP contribution in [0.2, 0.25) is 0 Å². The van der Waals surface area contributed by atoms with Gasteiger partial charge in [-0.05, 0) is 32.6 Å². The van der Waals surface area contributed by atoms with Crippen molar-refractivity contribution in [3.05, 3.63) is 12.7 Å². The summed E-state index contributed by atoms with van der Waals surface area (Å²) in [5.41, 5.74) is 5.97. The van der Waals surface area contributed by atoms with Crippen LogP contribution in [-0.4, -0.2) is 83.4 Å². The van der Waals surface area contributed by atoms with E-state index in [9.17, 15) is 14.7 Å². The number of imidazole rings is 1. The van der Waals surface area contributed by atoms with Crippen LogP contribution in [0.15, 0.2) is 12.7 Å².